The van der Waals surface area contributed by atoms with Crippen LogP contribution in [0, 0.1) is 11.8 Å². The molecule has 27 heavy (non-hydrogen) atoms. The molecular formula is C21H32N2O3S. The van der Waals surface area contributed by atoms with E-state index in [9.17, 15) is 15.0 Å². The van der Waals surface area contributed by atoms with Gasteiger partial charge in [0, 0.05) is 24.1 Å². The first-order valence-electron chi connectivity index (χ1n) is 10.2. The number of carbonyl (C=O) groups is 1. The third kappa shape index (κ3) is 5.04. The Hall–Kier alpha value is -1.11. The van der Waals surface area contributed by atoms with E-state index in [-0.39, 0.29) is 6.42 Å². The molecule has 0 saturated heterocycles. The summed E-state index contributed by atoms with van der Waals surface area (Å²) in [5, 5.41) is 20.6. The largest absolute Gasteiger partial charge is 0.479 e. The zero-order valence-corrected chi connectivity index (χ0v) is 17.0. The number of nitrogens with zero attached hydrogens (tertiary/aromatic N) is 1. The molecule has 6 heteroatoms. The van der Waals surface area contributed by atoms with E-state index < -0.39 is 17.6 Å². The number of carboxylic acid groups (broad SMARTS) is 1. The molecule has 3 atom stereocenters. The highest BCUT2D eigenvalue weighted by Gasteiger charge is 2.44. The van der Waals surface area contributed by atoms with E-state index in [1.807, 2.05) is 6.07 Å². The number of aliphatic hydroxyl groups is 1. The molecule has 0 aliphatic heterocycles. The lowest BCUT2D eigenvalue weighted by molar-refractivity contribution is -0.160. The van der Waals surface area contributed by atoms with E-state index in [1.165, 1.54) is 31.2 Å². The molecule has 150 valence electrons. The van der Waals surface area contributed by atoms with Gasteiger partial charge in [-0.15, -0.1) is 0 Å². The predicted molar refractivity (Wildman–Crippen MR) is 109 cm³/mol. The molecule has 5 nitrogen and oxygen atoms in total. The number of carboxylic acids is 1. The highest BCUT2D eigenvalue weighted by Crippen LogP contribution is 2.38. The number of aromatic nitrogens is 1. The van der Waals surface area contributed by atoms with E-state index in [0.29, 0.717) is 17.4 Å². The maximum absolute atomic E-state index is 11.9. The van der Waals surface area contributed by atoms with Gasteiger partial charge in [-0.3, -0.25) is 4.98 Å². The molecular weight excluding hydrogens is 360 g/mol. The van der Waals surface area contributed by atoms with Crippen LogP contribution < -0.4 is 5.73 Å². The number of nitrogens with two attached hydrogens (primary N) is 1. The summed E-state index contributed by atoms with van der Waals surface area (Å²) < 4.78 is 0. The number of fused-ring (bicyclic) bond motifs is 1. The van der Waals surface area contributed by atoms with Gasteiger partial charge in [0.15, 0.2) is 5.60 Å². The summed E-state index contributed by atoms with van der Waals surface area (Å²) in [7, 11) is 0. The first-order valence-corrected chi connectivity index (χ1v) is 11.3. The summed E-state index contributed by atoms with van der Waals surface area (Å²) in [6, 6.07) is 1.23. The monoisotopic (exact) mass is 392 g/mol. The van der Waals surface area contributed by atoms with Gasteiger partial charge in [-0.2, -0.15) is 11.8 Å². The normalized spacial score (nSPS) is 22.3. The van der Waals surface area contributed by atoms with Crippen LogP contribution in [0.25, 0.3) is 0 Å². The van der Waals surface area contributed by atoms with Gasteiger partial charge in [-0.05, 0) is 60.5 Å². The van der Waals surface area contributed by atoms with Crippen LogP contribution in [-0.2, 0) is 24.1 Å². The number of rotatable bonds is 11. The van der Waals surface area contributed by atoms with Crippen LogP contribution in [-0.4, -0.2) is 44.3 Å². The predicted octanol–water partition coefficient (Wildman–Crippen LogP) is 2.82. The SMILES string of the molecule is CCCSC[C@H](N)[C@](O)(Cc1nccc2c1C[C@@H](CCC1CC1)C2)C(=O)O. The first kappa shape index (κ1) is 20.6. The molecule has 3 rings (SSSR count). The van der Waals surface area contributed by atoms with Crippen molar-refractivity contribution < 1.29 is 15.0 Å². The maximum Gasteiger partial charge on any atom is 0.337 e. The molecule has 4 N–H and O–H groups in total. The number of aliphatic carboxylic acids is 1. The quantitative estimate of drug-likeness (QED) is 0.501. The maximum atomic E-state index is 11.9. The lowest BCUT2D eigenvalue weighted by atomic mass is 9.88. The van der Waals surface area contributed by atoms with Crippen LogP contribution in [0.2, 0.25) is 0 Å². The van der Waals surface area contributed by atoms with Crippen LogP contribution in [0.5, 0.6) is 0 Å². The fourth-order valence-electron chi connectivity index (χ4n) is 4.04. The third-order valence-corrected chi connectivity index (χ3v) is 7.28. The molecule has 0 amide bonds. The van der Waals surface area contributed by atoms with Crippen molar-refractivity contribution in [3.8, 4) is 0 Å². The second-order valence-corrected chi connectivity index (χ2v) is 9.43. The van der Waals surface area contributed by atoms with Crippen molar-refractivity contribution in [3.05, 3.63) is 29.1 Å². The van der Waals surface area contributed by atoms with E-state index in [2.05, 4.69) is 11.9 Å². The molecule has 0 radical (unpaired) electrons. The zero-order valence-electron chi connectivity index (χ0n) is 16.2. The lowest BCUT2D eigenvalue weighted by Crippen LogP contribution is -2.57. The molecule has 1 fully saturated rings. The molecule has 1 aromatic heterocycles. The van der Waals surface area contributed by atoms with Crippen molar-refractivity contribution in [2.45, 2.75) is 69.9 Å². The van der Waals surface area contributed by atoms with Gasteiger partial charge in [-0.1, -0.05) is 26.2 Å². The van der Waals surface area contributed by atoms with Crippen molar-refractivity contribution >= 4 is 17.7 Å². The van der Waals surface area contributed by atoms with Crippen molar-refractivity contribution in [2.75, 3.05) is 11.5 Å². The Bertz CT molecular complexity index is 665. The minimum atomic E-state index is -1.98. The minimum Gasteiger partial charge on any atom is -0.479 e. The summed E-state index contributed by atoms with van der Waals surface area (Å²) in [6.45, 7) is 2.07. The smallest absolute Gasteiger partial charge is 0.337 e. The fraction of sp³-hybridized carbons (Fsp3) is 0.714. The van der Waals surface area contributed by atoms with Gasteiger partial charge in [0.2, 0.25) is 0 Å². The Labute approximate surface area is 166 Å². The highest BCUT2D eigenvalue weighted by molar-refractivity contribution is 7.99. The van der Waals surface area contributed by atoms with Crippen LogP contribution >= 0.6 is 11.8 Å². The Morgan fingerprint density at radius 1 is 1.37 bits per heavy atom. The van der Waals surface area contributed by atoms with Crippen LogP contribution in [0.3, 0.4) is 0 Å². The minimum absolute atomic E-state index is 0.0191. The molecule has 1 aromatic rings. The second kappa shape index (κ2) is 8.93. The lowest BCUT2D eigenvalue weighted by Gasteiger charge is -2.30. The van der Waals surface area contributed by atoms with Gasteiger partial charge in [0.05, 0.1) is 6.04 Å². The third-order valence-electron chi connectivity index (χ3n) is 5.99. The molecule has 0 unspecified atom stereocenters. The number of thioether (sulfide) groups is 1. The van der Waals surface area contributed by atoms with Gasteiger partial charge >= 0.3 is 5.97 Å². The zero-order chi connectivity index (χ0) is 19.4. The van der Waals surface area contributed by atoms with Gasteiger partial charge in [-0.25, -0.2) is 4.79 Å². The van der Waals surface area contributed by atoms with Crippen molar-refractivity contribution in [3.63, 3.8) is 0 Å². The molecule has 0 aromatic carbocycles. The summed E-state index contributed by atoms with van der Waals surface area (Å²) >= 11 is 1.59. The van der Waals surface area contributed by atoms with Gasteiger partial charge in [0.25, 0.3) is 0 Å². The second-order valence-electron chi connectivity index (χ2n) is 8.28. The van der Waals surface area contributed by atoms with E-state index in [1.54, 1.807) is 18.0 Å². The molecule has 1 saturated carbocycles. The summed E-state index contributed by atoms with van der Waals surface area (Å²) in [6.07, 6.45) is 10.0. The molecule has 0 bridgehead atoms. The Morgan fingerprint density at radius 2 is 2.11 bits per heavy atom. The molecule has 2 aliphatic rings. The molecule has 2 aliphatic carbocycles. The average molecular weight is 393 g/mol. The average Bonchev–Trinajstić information content (AvgIpc) is 3.37. The number of hydrogen-bond donors (Lipinski definition) is 3. The van der Waals surface area contributed by atoms with Crippen molar-refractivity contribution in [2.24, 2.45) is 17.6 Å². The summed E-state index contributed by atoms with van der Waals surface area (Å²) in [5.74, 6) is 1.63. The number of pyridine rings is 1. The summed E-state index contributed by atoms with van der Waals surface area (Å²) in [4.78, 5) is 16.3. The van der Waals surface area contributed by atoms with Gasteiger partial charge < -0.3 is 15.9 Å². The molecule has 1 heterocycles. The van der Waals surface area contributed by atoms with Crippen LogP contribution in [0.15, 0.2) is 12.3 Å². The fourth-order valence-corrected chi connectivity index (χ4v) is 5.03. The number of hydrogen-bond acceptors (Lipinski definition) is 5. The van der Waals surface area contributed by atoms with E-state index >= 15 is 0 Å². The van der Waals surface area contributed by atoms with E-state index in [0.717, 1.165) is 36.5 Å². The standard InChI is InChI=1S/C21H32N2O3S/c1-2-9-27-13-19(22)21(26,20(24)25)12-18-17-11-15(6-5-14-3-4-14)10-16(17)7-8-23-18/h7-8,14-15,19,26H,2-6,9-13,22H2,1H3,(H,24,25)/t15-,19-,21+/m0/s1. The molecule has 0 spiro atoms. The van der Waals surface area contributed by atoms with Crippen molar-refractivity contribution in [1.82, 2.24) is 4.98 Å². The van der Waals surface area contributed by atoms with E-state index in [4.69, 9.17) is 5.73 Å². The van der Waals surface area contributed by atoms with Gasteiger partial charge in [0.1, 0.15) is 0 Å². The van der Waals surface area contributed by atoms with Crippen LogP contribution in [0.4, 0.5) is 0 Å². The Balaban J connectivity index is 1.70. The summed E-state index contributed by atoms with van der Waals surface area (Å²) in [5.41, 5.74) is 7.27. The Morgan fingerprint density at radius 3 is 2.78 bits per heavy atom. The van der Waals surface area contributed by atoms with Crippen molar-refractivity contribution in [1.29, 1.82) is 0 Å². The van der Waals surface area contributed by atoms with Crippen LogP contribution in [0.1, 0.15) is 55.8 Å². The Kier molecular flexibility index (Phi) is 6.82. The highest BCUT2D eigenvalue weighted by atomic mass is 32.2. The first-order chi connectivity index (χ1) is 12.9. The topological polar surface area (TPSA) is 96.4 Å².